The lowest BCUT2D eigenvalue weighted by molar-refractivity contribution is -0.127. The van der Waals surface area contributed by atoms with E-state index in [1.807, 2.05) is 11.8 Å². The van der Waals surface area contributed by atoms with Gasteiger partial charge in [0.1, 0.15) is 5.84 Å². The molecule has 0 aromatic rings. The highest BCUT2D eigenvalue weighted by molar-refractivity contribution is 6.03. The fraction of sp³-hybridized carbons (Fsp3) is 0.727. The average Bonchev–Trinajstić information content (AvgIpc) is 2.66. The molecule has 0 radical (unpaired) electrons. The van der Waals surface area contributed by atoms with E-state index in [0.717, 1.165) is 25.2 Å². The van der Waals surface area contributed by atoms with E-state index < -0.39 is 0 Å². The fourth-order valence-corrected chi connectivity index (χ4v) is 2.39. The predicted octanol–water partition coefficient (Wildman–Crippen LogP) is 0.397. The van der Waals surface area contributed by atoms with Crippen LogP contribution in [0.5, 0.6) is 0 Å². The molecule has 2 unspecified atom stereocenters. The lowest BCUT2D eigenvalue weighted by atomic mass is 10.1. The molecule has 2 atom stereocenters. The van der Waals surface area contributed by atoms with Gasteiger partial charge in [-0.25, -0.2) is 9.79 Å². The van der Waals surface area contributed by atoms with Crippen LogP contribution in [0.1, 0.15) is 26.7 Å². The molecule has 3 amide bonds. The number of carbonyl (C=O) groups is 2. The number of imide groups is 1. The van der Waals surface area contributed by atoms with Gasteiger partial charge in [-0.1, -0.05) is 13.8 Å². The third-order valence-electron chi connectivity index (χ3n) is 3.23. The van der Waals surface area contributed by atoms with Crippen LogP contribution in [0.15, 0.2) is 4.99 Å². The van der Waals surface area contributed by atoms with Crippen molar-refractivity contribution in [3.05, 3.63) is 0 Å². The molecule has 17 heavy (non-hydrogen) atoms. The molecule has 2 aliphatic rings. The SMILES string of the molecule is CCCN1C(CC)=NC2C1C(=O)NC(=O)N2C. The highest BCUT2D eigenvalue weighted by atomic mass is 16.2. The summed E-state index contributed by atoms with van der Waals surface area (Å²) in [7, 11) is 1.67. The van der Waals surface area contributed by atoms with E-state index in [9.17, 15) is 9.59 Å². The molecule has 2 heterocycles. The number of aliphatic imine (C=N–C) groups is 1. The molecule has 0 spiro atoms. The summed E-state index contributed by atoms with van der Waals surface area (Å²) in [4.78, 5) is 31.4. The Kier molecular flexibility index (Phi) is 3.04. The van der Waals surface area contributed by atoms with E-state index in [0.29, 0.717) is 0 Å². The average molecular weight is 238 g/mol. The van der Waals surface area contributed by atoms with Crippen molar-refractivity contribution in [2.75, 3.05) is 13.6 Å². The van der Waals surface area contributed by atoms with Gasteiger partial charge in [-0.2, -0.15) is 0 Å². The molecule has 0 saturated carbocycles. The first-order chi connectivity index (χ1) is 8.10. The lowest BCUT2D eigenvalue weighted by Crippen LogP contribution is -2.63. The molecule has 0 bridgehead atoms. The number of rotatable bonds is 3. The van der Waals surface area contributed by atoms with Gasteiger partial charge in [0, 0.05) is 20.0 Å². The van der Waals surface area contributed by atoms with E-state index in [-0.39, 0.29) is 24.1 Å². The summed E-state index contributed by atoms with van der Waals surface area (Å²) in [5.74, 6) is 0.678. The van der Waals surface area contributed by atoms with Crippen molar-refractivity contribution in [1.29, 1.82) is 0 Å². The van der Waals surface area contributed by atoms with E-state index in [2.05, 4.69) is 17.2 Å². The van der Waals surface area contributed by atoms with Crippen molar-refractivity contribution >= 4 is 17.8 Å². The van der Waals surface area contributed by atoms with Crippen LogP contribution in [-0.4, -0.2) is 53.4 Å². The van der Waals surface area contributed by atoms with Crippen molar-refractivity contribution in [2.24, 2.45) is 4.99 Å². The van der Waals surface area contributed by atoms with Crippen LogP contribution in [0, 0.1) is 0 Å². The minimum absolute atomic E-state index is 0.237. The summed E-state index contributed by atoms with van der Waals surface area (Å²) < 4.78 is 0. The number of amidine groups is 1. The van der Waals surface area contributed by atoms with Crippen LogP contribution >= 0.6 is 0 Å². The molecule has 1 N–H and O–H groups in total. The second kappa shape index (κ2) is 4.35. The molecule has 2 rings (SSSR count). The molecular formula is C11H18N4O2. The number of carbonyl (C=O) groups excluding carboxylic acids is 2. The monoisotopic (exact) mass is 238 g/mol. The number of urea groups is 1. The second-order valence-corrected chi connectivity index (χ2v) is 4.36. The van der Waals surface area contributed by atoms with Crippen LogP contribution in [0.25, 0.3) is 0 Å². The van der Waals surface area contributed by atoms with Gasteiger partial charge in [-0.3, -0.25) is 10.1 Å². The zero-order chi connectivity index (χ0) is 12.6. The topological polar surface area (TPSA) is 65.0 Å². The molecule has 0 aliphatic carbocycles. The van der Waals surface area contributed by atoms with Crippen molar-refractivity contribution in [1.82, 2.24) is 15.1 Å². The Bertz CT molecular complexity index is 380. The van der Waals surface area contributed by atoms with E-state index in [1.165, 1.54) is 4.90 Å². The van der Waals surface area contributed by atoms with Crippen molar-refractivity contribution in [3.63, 3.8) is 0 Å². The summed E-state index contributed by atoms with van der Waals surface area (Å²) in [5, 5.41) is 2.37. The van der Waals surface area contributed by atoms with E-state index in [4.69, 9.17) is 0 Å². The Morgan fingerprint density at radius 1 is 1.35 bits per heavy atom. The summed E-state index contributed by atoms with van der Waals surface area (Å²) in [6.07, 6.45) is 1.37. The summed E-state index contributed by atoms with van der Waals surface area (Å²) >= 11 is 0. The van der Waals surface area contributed by atoms with E-state index >= 15 is 0 Å². The molecule has 6 nitrogen and oxygen atoms in total. The maximum absolute atomic E-state index is 11.9. The molecule has 2 aliphatic heterocycles. The Morgan fingerprint density at radius 3 is 2.65 bits per heavy atom. The number of nitrogens with one attached hydrogen (secondary N) is 1. The summed E-state index contributed by atoms with van der Waals surface area (Å²) in [6, 6.07) is -0.721. The smallest absolute Gasteiger partial charge is 0.325 e. The molecule has 6 heteroatoms. The summed E-state index contributed by atoms with van der Waals surface area (Å²) in [5.41, 5.74) is 0. The van der Waals surface area contributed by atoms with Gasteiger partial charge >= 0.3 is 6.03 Å². The molecule has 94 valence electrons. The van der Waals surface area contributed by atoms with Gasteiger partial charge in [0.05, 0.1) is 0 Å². The van der Waals surface area contributed by atoms with E-state index in [1.54, 1.807) is 7.05 Å². The van der Waals surface area contributed by atoms with Crippen LogP contribution in [0.3, 0.4) is 0 Å². The van der Waals surface area contributed by atoms with Crippen LogP contribution in [-0.2, 0) is 4.79 Å². The van der Waals surface area contributed by atoms with Gasteiger partial charge in [-0.15, -0.1) is 0 Å². The molecule has 0 aromatic heterocycles. The van der Waals surface area contributed by atoms with Gasteiger partial charge in [0.25, 0.3) is 5.91 Å². The minimum atomic E-state index is -0.367. The van der Waals surface area contributed by atoms with Crippen molar-refractivity contribution < 1.29 is 9.59 Å². The first kappa shape index (κ1) is 11.9. The van der Waals surface area contributed by atoms with Crippen LogP contribution in [0.2, 0.25) is 0 Å². The minimum Gasteiger partial charge on any atom is -0.345 e. The number of amides is 3. The zero-order valence-electron chi connectivity index (χ0n) is 10.4. The first-order valence-corrected chi connectivity index (χ1v) is 6.01. The Balaban J connectivity index is 2.30. The van der Waals surface area contributed by atoms with Crippen LogP contribution < -0.4 is 5.32 Å². The van der Waals surface area contributed by atoms with Crippen LogP contribution in [0.4, 0.5) is 4.79 Å². The van der Waals surface area contributed by atoms with Gasteiger partial charge in [0.15, 0.2) is 12.2 Å². The van der Waals surface area contributed by atoms with Gasteiger partial charge in [-0.05, 0) is 6.42 Å². The molecule has 1 fully saturated rings. The second-order valence-electron chi connectivity index (χ2n) is 4.36. The normalized spacial score (nSPS) is 28.1. The zero-order valence-corrected chi connectivity index (χ0v) is 10.4. The number of likely N-dealkylation sites (N-methyl/N-ethyl adjacent to an activating group) is 1. The predicted molar refractivity (Wildman–Crippen MR) is 63.6 cm³/mol. The molecule has 1 saturated heterocycles. The number of nitrogens with zero attached hydrogens (tertiary/aromatic N) is 3. The van der Waals surface area contributed by atoms with Crippen molar-refractivity contribution in [2.45, 2.75) is 38.9 Å². The van der Waals surface area contributed by atoms with Gasteiger partial charge in [0.2, 0.25) is 0 Å². The third-order valence-corrected chi connectivity index (χ3v) is 3.23. The Hall–Kier alpha value is -1.59. The Labute approximate surface area is 101 Å². The Morgan fingerprint density at radius 2 is 2.06 bits per heavy atom. The molecule has 0 aromatic carbocycles. The summed E-state index contributed by atoms with van der Waals surface area (Å²) in [6.45, 7) is 4.87. The van der Waals surface area contributed by atoms with Crippen molar-refractivity contribution in [3.8, 4) is 0 Å². The number of fused-ring (bicyclic) bond motifs is 1. The maximum atomic E-state index is 11.9. The maximum Gasteiger partial charge on any atom is 0.325 e. The highest BCUT2D eigenvalue weighted by Crippen LogP contribution is 2.24. The number of hydrogen-bond donors (Lipinski definition) is 1. The molecular weight excluding hydrogens is 220 g/mol. The standard InChI is InChI=1S/C11H18N4O2/c1-4-6-15-7(5-2)12-9-8(15)10(16)13-11(17)14(9)3/h8-9H,4-6H2,1-3H3,(H,13,16,17). The fourth-order valence-electron chi connectivity index (χ4n) is 2.39. The third kappa shape index (κ3) is 1.77. The first-order valence-electron chi connectivity index (χ1n) is 6.01. The quantitative estimate of drug-likeness (QED) is 0.774. The number of hydrogen-bond acceptors (Lipinski definition) is 4. The highest BCUT2D eigenvalue weighted by Gasteiger charge is 2.47. The van der Waals surface area contributed by atoms with Gasteiger partial charge < -0.3 is 9.80 Å². The lowest BCUT2D eigenvalue weighted by Gasteiger charge is -2.36. The largest absolute Gasteiger partial charge is 0.345 e.